The van der Waals surface area contributed by atoms with Gasteiger partial charge in [0, 0.05) is 13.5 Å². The highest BCUT2D eigenvalue weighted by Gasteiger charge is 2.40. The Morgan fingerprint density at radius 2 is 2.04 bits per heavy atom. The highest BCUT2D eigenvalue weighted by atomic mass is 32.2. The number of ketones is 1. The van der Waals surface area contributed by atoms with Crippen LogP contribution in [0.1, 0.15) is 35.1 Å². The number of amides is 1. The van der Waals surface area contributed by atoms with Crippen molar-refractivity contribution in [3.8, 4) is 0 Å². The summed E-state index contributed by atoms with van der Waals surface area (Å²) in [6.45, 7) is 3.20. The number of sulfonamides is 1. The number of halogens is 1. The summed E-state index contributed by atoms with van der Waals surface area (Å²) in [5.41, 5.74) is 0.505. The van der Waals surface area contributed by atoms with Crippen molar-refractivity contribution in [3.63, 3.8) is 0 Å². The minimum absolute atomic E-state index is 0.129. The number of aryl methyl sites for hydroxylation is 1. The molecule has 1 saturated heterocycles. The van der Waals surface area contributed by atoms with Gasteiger partial charge in [0.1, 0.15) is 16.8 Å². The van der Waals surface area contributed by atoms with Crippen molar-refractivity contribution < 1.29 is 22.4 Å². The molecule has 3 rings (SSSR count). The smallest absolute Gasteiger partial charge is 0.246 e. The maximum Gasteiger partial charge on any atom is 0.246 e. The third kappa shape index (κ3) is 3.78. The van der Waals surface area contributed by atoms with Crippen molar-refractivity contribution in [2.45, 2.75) is 37.6 Å². The highest BCUT2D eigenvalue weighted by molar-refractivity contribution is 7.89. The van der Waals surface area contributed by atoms with Crippen molar-refractivity contribution in [3.05, 3.63) is 40.7 Å². The van der Waals surface area contributed by atoms with E-state index in [1.54, 1.807) is 6.92 Å². The molecule has 0 saturated carbocycles. The molecule has 1 aromatic heterocycles. The summed E-state index contributed by atoms with van der Waals surface area (Å²) in [6.07, 6.45) is 0.810. The van der Waals surface area contributed by atoms with Crippen molar-refractivity contribution in [1.29, 1.82) is 0 Å². The van der Waals surface area contributed by atoms with E-state index in [0.717, 1.165) is 21.7 Å². The van der Waals surface area contributed by atoms with Gasteiger partial charge in [-0.05, 0) is 31.9 Å². The van der Waals surface area contributed by atoms with Crippen LogP contribution in [0.25, 0.3) is 0 Å². The van der Waals surface area contributed by atoms with Gasteiger partial charge >= 0.3 is 0 Å². The molecule has 1 aliphatic heterocycles. The first-order valence-electron chi connectivity index (χ1n) is 8.27. The van der Waals surface area contributed by atoms with E-state index in [4.69, 9.17) is 0 Å². The number of carbonyl (C=O) groups excluding carboxylic acids is 2. The summed E-state index contributed by atoms with van der Waals surface area (Å²) in [4.78, 5) is 28.3. The van der Waals surface area contributed by atoms with E-state index in [1.807, 2.05) is 0 Å². The van der Waals surface area contributed by atoms with Crippen LogP contribution in [0.2, 0.25) is 0 Å². The third-order valence-electron chi connectivity index (χ3n) is 4.28. The quantitative estimate of drug-likeness (QED) is 0.763. The number of hydrogen-bond acceptors (Lipinski definition) is 6. The molecule has 0 bridgehead atoms. The van der Waals surface area contributed by atoms with Crippen LogP contribution in [0.4, 0.5) is 9.52 Å². The minimum atomic E-state index is -4.15. The summed E-state index contributed by atoms with van der Waals surface area (Å²) < 4.78 is 40.6. The fourth-order valence-corrected chi connectivity index (χ4v) is 5.62. The molecule has 2 aromatic rings. The maximum absolute atomic E-state index is 14.0. The fourth-order valence-electron chi connectivity index (χ4n) is 3.04. The highest BCUT2D eigenvalue weighted by Crippen LogP contribution is 2.29. The molecular weight excluding hydrogens is 393 g/mol. The van der Waals surface area contributed by atoms with Gasteiger partial charge in [0.05, 0.1) is 10.6 Å². The molecule has 0 unspecified atom stereocenters. The number of aromatic nitrogens is 1. The molecule has 27 heavy (non-hydrogen) atoms. The van der Waals surface area contributed by atoms with E-state index in [0.29, 0.717) is 23.4 Å². The number of carbonyl (C=O) groups is 2. The molecule has 0 aliphatic carbocycles. The summed E-state index contributed by atoms with van der Waals surface area (Å²) in [7, 11) is -4.15. The second kappa shape index (κ2) is 7.45. The van der Waals surface area contributed by atoms with Gasteiger partial charge in [-0.15, -0.1) is 0 Å². The van der Waals surface area contributed by atoms with Crippen LogP contribution in [0.15, 0.2) is 29.2 Å². The average Bonchev–Trinajstić information content (AvgIpc) is 3.22. The number of Topliss-reactive ketones (excluding diaryl/α,β-unsaturated/α-hetero) is 1. The predicted octanol–water partition coefficient (Wildman–Crippen LogP) is 2.59. The van der Waals surface area contributed by atoms with E-state index >= 15 is 0 Å². The minimum Gasteiger partial charge on any atom is -0.301 e. The van der Waals surface area contributed by atoms with E-state index in [1.165, 1.54) is 25.1 Å². The molecular formula is C17H18FN3O4S2. The normalized spacial score (nSPS) is 17.8. The fraction of sp³-hybridized carbons (Fsp3) is 0.353. The number of anilines is 1. The number of rotatable bonds is 5. The lowest BCUT2D eigenvalue weighted by Gasteiger charge is -2.23. The first kappa shape index (κ1) is 19.6. The second-order valence-corrected chi connectivity index (χ2v) is 9.04. The molecule has 0 radical (unpaired) electrons. The number of hydrogen-bond donors (Lipinski definition) is 1. The molecule has 1 aromatic carbocycles. The van der Waals surface area contributed by atoms with Crippen LogP contribution in [0.5, 0.6) is 0 Å². The van der Waals surface area contributed by atoms with Gasteiger partial charge in [0.25, 0.3) is 0 Å². The number of nitrogens with one attached hydrogen (secondary N) is 1. The molecule has 1 aliphatic rings. The molecule has 0 spiro atoms. The summed E-state index contributed by atoms with van der Waals surface area (Å²) in [5.74, 6) is -1.56. The molecule has 1 fully saturated rings. The Labute approximate surface area is 160 Å². The van der Waals surface area contributed by atoms with Gasteiger partial charge < -0.3 is 5.32 Å². The summed E-state index contributed by atoms with van der Waals surface area (Å²) in [6, 6.07) is 4.13. The molecule has 2 heterocycles. The van der Waals surface area contributed by atoms with Gasteiger partial charge in [-0.25, -0.2) is 17.8 Å². The zero-order chi connectivity index (χ0) is 19.8. The van der Waals surface area contributed by atoms with Crippen molar-refractivity contribution in [1.82, 2.24) is 9.29 Å². The lowest BCUT2D eigenvalue weighted by atomic mass is 10.2. The second-order valence-electron chi connectivity index (χ2n) is 6.18. The SMILES string of the molecule is CC(=O)c1sc(NC(=O)[C@H]2CCCN2S(=O)(=O)c2ccccc2F)nc1C. The van der Waals surface area contributed by atoms with E-state index in [9.17, 15) is 22.4 Å². The van der Waals surface area contributed by atoms with Crippen LogP contribution in [0, 0.1) is 12.7 Å². The van der Waals surface area contributed by atoms with Crippen molar-refractivity contribution in [2.24, 2.45) is 0 Å². The van der Waals surface area contributed by atoms with Gasteiger partial charge in [-0.1, -0.05) is 23.5 Å². The Hall–Kier alpha value is -2.17. The first-order chi connectivity index (χ1) is 12.7. The van der Waals surface area contributed by atoms with Crippen LogP contribution < -0.4 is 5.32 Å². The largest absolute Gasteiger partial charge is 0.301 e. The van der Waals surface area contributed by atoms with E-state index in [2.05, 4.69) is 10.3 Å². The number of thiazole rings is 1. The molecule has 1 N–H and O–H groups in total. The molecule has 7 nitrogen and oxygen atoms in total. The molecule has 1 atom stereocenters. The standard InChI is InChI=1S/C17H18FN3O4S2/c1-10-15(11(2)22)26-17(19-10)20-16(23)13-7-5-9-21(13)27(24,25)14-8-4-3-6-12(14)18/h3-4,6,8,13H,5,7,9H2,1-2H3,(H,19,20,23)/t13-/m1/s1. The Bertz CT molecular complexity index is 1000. The average molecular weight is 411 g/mol. The Balaban J connectivity index is 1.84. The van der Waals surface area contributed by atoms with Crippen LogP contribution >= 0.6 is 11.3 Å². The monoisotopic (exact) mass is 411 g/mol. The van der Waals surface area contributed by atoms with Gasteiger partial charge in [0.15, 0.2) is 10.9 Å². The molecule has 144 valence electrons. The van der Waals surface area contributed by atoms with Gasteiger partial charge in [-0.3, -0.25) is 9.59 Å². The summed E-state index contributed by atoms with van der Waals surface area (Å²) >= 11 is 1.04. The van der Waals surface area contributed by atoms with Crippen molar-refractivity contribution >= 4 is 38.2 Å². The van der Waals surface area contributed by atoms with Crippen LogP contribution in [0.3, 0.4) is 0 Å². The van der Waals surface area contributed by atoms with Crippen LogP contribution in [-0.2, 0) is 14.8 Å². The predicted molar refractivity (Wildman–Crippen MR) is 98.8 cm³/mol. The summed E-state index contributed by atoms with van der Waals surface area (Å²) in [5, 5.41) is 2.82. The zero-order valence-corrected chi connectivity index (χ0v) is 16.4. The topological polar surface area (TPSA) is 96.4 Å². The van der Waals surface area contributed by atoms with E-state index < -0.39 is 32.7 Å². The molecule has 10 heteroatoms. The van der Waals surface area contributed by atoms with Gasteiger partial charge in [0.2, 0.25) is 15.9 Å². The Morgan fingerprint density at radius 1 is 1.33 bits per heavy atom. The van der Waals surface area contributed by atoms with Gasteiger partial charge in [-0.2, -0.15) is 4.31 Å². The lowest BCUT2D eigenvalue weighted by molar-refractivity contribution is -0.119. The zero-order valence-electron chi connectivity index (χ0n) is 14.7. The van der Waals surface area contributed by atoms with E-state index in [-0.39, 0.29) is 17.5 Å². The lowest BCUT2D eigenvalue weighted by Crippen LogP contribution is -2.43. The van der Waals surface area contributed by atoms with Crippen LogP contribution in [-0.4, -0.2) is 42.0 Å². The third-order valence-corrected chi connectivity index (χ3v) is 7.39. The number of benzene rings is 1. The number of nitrogens with zero attached hydrogens (tertiary/aromatic N) is 2. The molecule has 1 amide bonds. The Kier molecular flexibility index (Phi) is 5.41. The van der Waals surface area contributed by atoms with Crippen molar-refractivity contribution in [2.75, 3.05) is 11.9 Å². The Morgan fingerprint density at radius 3 is 2.67 bits per heavy atom. The first-order valence-corrected chi connectivity index (χ1v) is 10.5. The maximum atomic E-state index is 14.0.